The molecule has 0 bridgehead atoms. The number of rotatable bonds is 6. The van der Waals surface area contributed by atoms with Crippen LogP contribution in [-0.4, -0.2) is 46.4 Å². The maximum Gasteiger partial charge on any atom is 0.416 e. The number of sulfonamides is 1. The van der Waals surface area contributed by atoms with Crippen LogP contribution in [0.3, 0.4) is 0 Å². The number of aliphatic hydroxyl groups is 1. The number of aliphatic hydroxyl groups excluding tert-OH is 1. The van der Waals surface area contributed by atoms with Crippen LogP contribution in [0.2, 0.25) is 0 Å². The predicted molar refractivity (Wildman–Crippen MR) is 134 cm³/mol. The van der Waals surface area contributed by atoms with E-state index in [9.17, 15) is 34.4 Å². The topological polar surface area (TPSA) is 110 Å². The third kappa shape index (κ3) is 4.60. The Kier molecular flexibility index (Phi) is 7.46. The van der Waals surface area contributed by atoms with E-state index in [1.807, 2.05) is 0 Å². The van der Waals surface area contributed by atoms with Gasteiger partial charge >= 0.3 is 6.18 Å². The van der Waals surface area contributed by atoms with Crippen molar-refractivity contribution in [2.45, 2.75) is 65.6 Å². The lowest BCUT2D eigenvalue weighted by Crippen LogP contribution is -2.63. The first kappa shape index (κ1) is 29.2. The van der Waals surface area contributed by atoms with Gasteiger partial charge in [-0.1, -0.05) is 0 Å². The third-order valence-corrected chi connectivity index (χ3v) is 13.0. The van der Waals surface area contributed by atoms with E-state index in [2.05, 4.69) is 4.72 Å². The molecule has 2 N–H and O–H groups in total. The largest absolute Gasteiger partial charge is 0.490 e. The van der Waals surface area contributed by atoms with Crippen molar-refractivity contribution in [2.75, 3.05) is 13.2 Å². The lowest BCUT2D eigenvalue weighted by atomic mass is 9.64. The molecule has 0 unspecified atom stereocenters. The average molecular weight is 610 g/mol. The van der Waals surface area contributed by atoms with E-state index >= 15 is 4.39 Å². The normalized spacial score (nSPS) is 29.6. The maximum atomic E-state index is 15.6. The van der Waals surface area contributed by atoms with E-state index in [1.165, 1.54) is 0 Å². The van der Waals surface area contributed by atoms with Crippen LogP contribution < -0.4 is 9.46 Å². The van der Waals surface area contributed by atoms with Gasteiger partial charge in [-0.15, -0.1) is 0 Å². The second kappa shape index (κ2) is 10.2. The number of ether oxygens (including phenoxy) is 1. The van der Waals surface area contributed by atoms with Gasteiger partial charge in [0.05, 0.1) is 27.9 Å². The smallest absolute Gasteiger partial charge is 0.416 e. The van der Waals surface area contributed by atoms with Crippen molar-refractivity contribution in [3.8, 4) is 5.75 Å². The summed E-state index contributed by atoms with van der Waals surface area (Å²) in [4.78, 5) is -0.489. The Balaban J connectivity index is 1.66. The zero-order chi connectivity index (χ0) is 29.1. The standard InChI is InChI=1S/C26H28F5NO6S2/c27-20-8-9-21(28)24-23(20)25(39(34,35)16-6-4-15(5-7-16)26(29,30)31)11-10-22-18(19(25)14-38-24)13-17(3-1-2-12-33)40(36,37)32-22/h4-9,17-19,22,32-33H,1-3,10-14H2/t17-,18+,19+,22-,25+/m1/s1. The van der Waals surface area contributed by atoms with E-state index in [-0.39, 0.29) is 38.9 Å². The SMILES string of the molecule is O=S1(=O)N[C@@H]2CC[C@@]3(S(=O)(=O)c4ccc(C(F)(F)F)cc4)c4c(F)ccc(F)c4OC[C@H]3[C@@H]2C[C@H]1CCCCO. The number of benzene rings is 2. The molecule has 0 amide bonds. The number of unbranched alkanes of at least 4 members (excludes halogenated alkanes) is 1. The summed E-state index contributed by atoms with van der Waals surface area (Å²) in [5.41, 5.74) is -1.59. The third-order valence-electron chi connectivity index (χ3n) is 8.54. The highest BCUT2D eigenvalue weighted by molar-refractivity contribution is 7.92. The van der Waals surface area contributed by atoms with E-state index in [0.29, 0.717) is 25.0 Å². The van der Waals surface area contributed by atoms with Crippen LogP contribution in [0.4, 0.5) is 22.0 Å². The minimum absolute atomic E-state index is 0.0238. The van der Waals surface area contributed by atoms with Crippen LogP contribution in [-0.2, 0) is 30.8 Å². The summed E-state index contributed by atoms with van der Waals surface area (Å²) >= 11 is 0. The van der Waals surface area contributed by atoms with Crippen LogP contribution >= 0.6 is 0 Å². The first-order valence-electron chi connectivity index (χ1n) is 12.9. The fourth-order valence-electron chi connectivity index (χ4n) is 6.68. The molecule has 0 aromatic heterocycles. The number of alkyl halides is 3. The highest BCUT2D eigenvalue weighted by Crippen LogP contribution is 2.59. The lowest BCUT2D eigenvalue weighted by molar-refractivity contribution is -0.137. The van der Waals surface area contributed by atoms with Crippen molar-refractivity contribution < 1.29 is 48.6 Å². The van der Waals surface area contributed by atoms with E-state index in [0.717, 1.165) is 24.3 Å². The van der Waals surface area contributed by atoms with Gasteiger partial charge in [-0.3, -0.25) is 0 Å². The fraction of sp³-hybridized carbons (Fsp3) is 0.538. The monoisotopic (exact) mass is 609 g/mol. The Labute approximate surface area is 228 Å². The zero-order valence-corrected chi connectivity index (χ0v) is 22.8. The van der Waals surface area contributed by atoms with Crippen LogP contribution in [0, 0.1) is 23.5 Å². The summed E-state index contributed by atoms with van der Waals surface area (Å²) in [6.45, 7) is -0.488. The molecular weight excluding hydrogens is 581 g/mol. The number of sulfone groups is 1. The van der Waals surface area contributed by atoms with Gasteiger partial charge in [-0.2, -0.15) is 13.2 Å². The van der Waals surface area contributed by atoms with Gasteiger partial charge in [0, 0.05) is 18.6 Å². The van der Waals surface area contributed by atoms with Crippen molar-refractivity contribution in [3.05, 3.63) is 59.2 Å². The number of fused-ring (bicyclic) bond motifs is 5. The molecule has 40 heavy (non-hydrogen) atoms. The highest BCUT2D eigenvalue weighted by atomic mass is 32.2. The first-order valence-corrected chi connectivity index (χ1v) is 15.9. The van der Waals surface area contributed by atoms with Crippen molar-refractivity contribution >= 4 is 19.9 Å². The molecule has 0 spiro atoms. The Morgan fingerprint density at radius 3 is 2.38 bits per heavy atom. The van der Waals surface area contributed by atoms with Crippen LogP contribution in [0.15, 0.2) is 41.3 Å². The fourth-order valence-corrected chi connectivity index (χ4v) is 10.9. The van der Waals surface area contributed by atoms with Crippen LogP contribution in [0.25, 0.3) is 0 Å². The molecule has 2 aromatic rings. The molecule has 2 aliphatic heterocycles. The molecule has 2 aromatic carbocycles. The Hall–Kier alpha value is -2.29. The molecule has 1 aliphatic carbocycles. The first-order chi connectivity index (χ1) is 18.7. The molecule has 5 rings (SSSR count). The molecular formula is C26H28F5NO6S2. The van der Waals surface area contributed by atoms with Crippen molar-refractivity contribution in [1.82, 2.24) is 4.72 Å². The molecule has 2 heterocycles. The summed E-state index contributed by atoms with van der Waals surface area (Å²) in [6, 6.07) is 3.77. The minimum atomic E-state index is -4.72. The molecule has 5 atom stereocenters. The van der Waals surface area contributed by atoms with Gasteiger partial charge in [0.25, 0.3) is 0 Å². The summed E-state index contributed by atoms with van der Waals surface area (Å²) in [7, 11) is -8.46. The second-order valence-corrected chi connectivity index (χ2v) is 14.8. The van der Waals surface area contributed by atoms with E-state index < -0.39 is 87.3 Å². The molecule has 1 saturated carbocycles. The second-order valence-electron chi connectivity index (χ2n) is 10.6. The van der Waals surface area contributed by atoms with Gasteiger partial charge in [-0.25, -0.2) is 30.3 Å². The van der Waals surface area contributed by atoms with Gasteiger partial charge in [-0.05, 0) is 80.8 Å². The van der Waals surface area contributed by atoms with E-state index in [4.69, 9.17) is 9.84 Å². The average Bonchev–Trinajstić information content (AvgIpc) is 2.89. The maximum absolute atomic E-state index is 15.6. The van der Waals surface area contributed by atoms with Crippen molar-refractivity contribution in [1.29, 1.82) is 0 Å². The van der Waals surface area contributed by atoms with Gasteiger partial charge in [0.1, 0.15) is 10.6 Å². The van der Waals surface area contributed by atoms with Crippen LogP contribution in [0.1, 0.15) is 49.7 Å². The van der Waals surface area contributed by atoms with Crippen molar-refractivity contribution in [3.63, 3.8) is 0 Å². The van der Waals surface area contributed by atoms with Gasteiger partial charge < -0.3 is 9.84 Å². The number of hydrogen-bond donors (Lipinski definition) is 2. The Morgan fingerprint density at radius 1 is 1.05 bits per heavy atom. The number of hydrogen-bond acceptors (Lipinski definition) is 6. The van der Waals surface area contributed by atoms with Gasteiger partial charge in [0.2, 0.25) is 10.0 Å². The number of nitrogens with one attached hydrogen (secondary N) is 1. The molecule has 220 valence electrons. The molecule has 3 aliphatic rings. The molecule has 2 fully saturated rings. The Bertz CT molecular complexity index is 1500. The van der Waals surface area contributed by atoms with Gasteiger partial charge in [0.15, 0.2) is 21.4 Å². The lowest BCUT2D eigenvalue weighted by Gasteiger charge is -2.55. The molecule has 0 radical (unpaired) electrons. The molecule has 14 heteroatoms. The Morgan fingerprint density at radius 2 is 1.73 bits per heavy atom. The minimum Gasteiger partial charge on any atom is -0.490 e. The number of halogens is 5. The van der Waals surface area contributed by atoms with E-state index in [1.54, 1.807) is 0 Å². The summed E-state index contributed by atoms with van der Waals surface area (Å²) < 4.78 is 131. The highest BCUT2D eigenvalue weighted by Gasteiger charge is 2.64. The summed E-state index contributed by atoms with van der Waals surface area (Å²) in [6.07, 6.45) is -4.06. The predicted octanol–water partition coefficient (Wildman–Crippen LogP) is 4.29. The quantitative estimate of drug-likeness (QED) is 0.374. The van der Waals surface area contributed by atoms with Crippen LogP contribution in [0.5, 0.6) is 5.75 Å². The molecule has 1 saturated heterocycles. The van der Waals surface area contributed by atoms with Crippen molar-refractivity contribution in [2.24, 2.45) is 11.8 Å². The zero-order valence-electron chi connectivity index (χ0n) is 21.1. The summed E-state index contributed by atoms with van der Waals surface area (Å²) in [5.74, 6) is -4.28. The molecule has 7 nitrogen and oxygen atoms in total. The summed E-state index contributed by atoms with van der Waals surface area (Å²) in [5, 5.41) is 8.21.